The molecule has 2 aliphatic rings. The SMILES string of the molecule is CC1(C)NC(=O)N(CCN2CCCC2CN)C1=O.Cl. The number of nitrogens with two attached hydrogens (primary N) is 1. The molecule has 6 nitrogen and oxygen atoms in total. The molecule has 1 unspecified atom stereocenters. The number of carbonyl (C=O) groups is 2. The van der Waals surface area contributed by atoms with Crippen molar-refractivity contribution in [2.24, 2.45) is 5.73 Å². The van der Waals surface area contributed by atoms with Crippen LogP contribution in [0.25, 0.3) is 0 Å². The van der Waals surface area contributed by atoms with Crippen LogP contribution in [0, 0.1) is 0 Å². The molecule has 0 aliphatic carbocycles. The highest BCUT2D eigenvalue weighted by atomic mass is 35.5. The molecular weight excluding hydrogens is 268 g/mol. The predicted molar refractivity (Wildman–Crippen MR) is 75.2 cm³/mol. The Morgan fingerprint density at radius 1 is 1.37 bits per heavy atom. The number of urea groups is 1. The van der Waals surface area contributed by atoms with E-state index in [1.807, 2.05) is 0 Å². The van der Waals surface area contributed by atoms with E-state index in [2.05, 4.69) is 10.2 Å². The lowest BCUT2D eigenvalue weighted by Gasteiger charge is -2.25. The van der Waals surface area contributed by atoms with E-state index in [4.69, 9.17) is 5.73 Å². The Morgan fingerprint density at radius 3 is 2.58 bits per heavy atom. The highest BCUT2D eigenvalue weighted by molar-refractivity contribution is 6.06. The predicted octanol–water partition coefficient (Wildman–Crippen LogP) is 0.162. The summed E-state index contributed by atoms with van der Waals surface area (Å²) >= 11 is 0. The maximum Gasteiger partial charge on any atom is 0.325 e. The summed E-state index contributed by atoms with van der Waals surface area (Å²) in [4.78, 5) is 27.3. The highest BCUT2D eigenvalue weighted by Crippen LogP contribution is 2.19. The summed E-state index contributed by atoms with van der Waals surface area (Å²) in [5.41, 5.74) is 4.94. The maximum atomic E-state index is 12.0. The average Bonchev–Trinajstić information content (AvgIpc) is 2.82. The molecule has 2 heterocycles. The zero-order valence-electron chi connectivity index (χ0n) is 11.5. The van der Waals surface area contributed by atoms with Crippen molar-refractivity contribution in [1.29, 1.82) is 0 Å². The van der Waals surface area contributed by atoms with Crippen LogP contribution >= 0.6 is 12.4 Å². The van der Waals surface area contributed by atoms with Crippen molar-refractivity contribution in [2.75, 3.05) is 26.2 Å². The third kappa shape index (κ3) is 3.19. The van der Waals surface area contributed by atoms with Crippen LogP contribution in [0.15, 0.2) is 0 Å². The number of hydrogen-bond acceptors (Lipinski definition) is 4. The summed E-state index contributed by atoms with van der Waals surface area (Å²) in [6.45, 7) is 6.28. The topological polar surface area (TPSA) is 78.7 Å². The van der Waals surface area contributed by atoms with Crippen molar-refractivity contribution in [1.82, 2.24) is 15.1 Å². The van der Waals surface area contributed by atoms with Crippen LogP contribution in [0.4, 0.5) is 4.79 Å². The van der Waals surface area contributed by atoms with Gasteiger partial charge in [0.2, 0.25) is 0 Å². The largest absolute Gasteiger partial charge is 0.329 e. The zero-order chi connectivity index (χ0) is 13.3. The molecule has 7 heteroatoms. The summed E-state index contributed by atoms with van der Waals surface area (Å²) in [5, 5.41) is 2.69. The number of nitrogens with one attached hydrogen (secondary N) is 1. The van der Waals surface area contributed by atoms with Crippen LogP contribution in [0.5, 0.6) is 0 Å². The Bertz CT molecular complexity index is 362. The van der Waals surface area contributed by atoms with E-state index in [1.54, 1.807) is 13.8 Å². The minimum absolute atomic E-state index is 0. The molecule has 2 saturated heterocycles. The van der Waals surface area contributed by atoms with Crippen molar-refractivity contribution in [3.8, 4) is 0 Å². The number of hydrogen-bond donors (Lipinski definition) is 2. The molecule has 2 aliphatic heterocycles. The van der Waals surface area contributed by atoms with Crippen molar-refractivity contribution >= 4 is 24.3 Å². The summed E-state index contributed by atoms with van der Waals surface area (Å²) in [7, 11) is 0. The van der Waals surface area contributed by atoms with Gasteiger partial charge in [0.1, 0.15) is 5.54 Å². The first-order valence-electron chi connectivity index (χ1n) is 6.54. The van der Waals surface area contributed by atoms with Crippen molar-refractivity contribution in [2.45, 2.75) is 38.3 Å². The molecule has 0 aromatic heterocycles. The number of rotatable bonds is 4. The van der Waals surface area contributed by atoms with Crippen molar-refractivity contribution < 1.29 is 9.59 Å². The average molecular weight is 291 g/mol. The smallest absolute Gasteiger partial charge is 0.325 e. The molecule has 0 bridgehead atoms. The third-order valence-corrected chi connectivity index (χ3v) is 3.83. The molecule has 0 spiro atoms. The van der Waals surface area contributed by atoms with Gasteiger partial charge >= 0.3 is 6.03 Å². The van der Waals surface area contributed by atoms with Gasteiger partial charge in [-0.05, 0) is 33.2 Å². The van der Waals surface area contributed by atoms with Gasteiger partial charge in [-0.1, -0.05) is 0 Å². The van der Waals surface area contributed by atoms with Gasteiger partial charge in [0, 0.05) is 25.7 Å². The molecule has 110 valence electrons. The molecule has 3 N–H and O–H groups in total. The third-order valence-electron chi connectivity index (χ3n) is 3.83. The normalized spacial score (nSPS) is 26.5. The van der Waals surface area contributed by atoms with Gasteiger partial charge in [-0.15, -0.1) is 12.4 Å². The van der Waals surface area contributed by atoms with Gasteiger partial charge in [0.15, 0.2) is 0 Å². The molecule has 2 rings (SSSR count). The van der Waals surface area contributed by atoms with E-state index in [0.717, 1.165) is 25.9 Å². The Labute approximate surface area is 120 Å². The molecule has 19 heavy (non-hydrogen) atoms. The van der Waals surface area contributed by atoms with Crippen molar-refractivity contribution in [3.05, 3.63) is 0 Å². The lowest BCUT2D eigenvalue weighted by atomic mass is 10.1. The molecule has 1 atom stereocenters. The molecule has 0 aromatic carbocycles. The van der Waals surface area contributed by atoms with Gasteiger partial charge in [0.25, 0.3) is 5.91 Å². The monoisotopic (exact) mass is 290 g/mol. The molecule has 0 radical (unpaired) electrons. The number of likely N-dealkylation sites (tertiary alicyclic amines) is 1. The second kappa shape index (κ2) is 6.07. The fourth-order valence-electron chi connectivity index (χ4n) is 2.71. The maximum absolute atomic E-state index is 12.0. The second-order valence-corrected chi connectivity index (χ2v) is 5.58. The lowest BCUT2D eigenvalue weighted by molar-refractivity contribution is -0.130. The zero-order valence-corrected chi connectivity index (χ0v) is 12.3. The van der Waals surface area contributed by atoms with Crippen LogP contribution in [0.1, 0.15) is 26.7 Å². The fourth-order valence-corrected chi connectivity index (χ4v) is 2.71. The summed E-state index contributed by atoms with van der Waals surface area (Å²) in [6.07, 6.45) is 2.26. The number of halogens is 1. The van der Waals surface area contributed by atoms with E-state index in [1.165, 1.54) is 4.90 Å². The van der Waals surface area contributed by atoms with Crippen LogP contribution in [0.3, 0.4) is 0 Å². The van der Waals surface area contributed by atoms with Crippen LogP contribution < -0.4 is 11.1 Å². The van der Waals surface area contributed by atoms with Crippen LogP contribution in [-0.4, -0.2) is 59.5 Å². The minimum Gasteiger partial charge on any atom is -0.329 e. The quantitative estimate of drug-likeness (QED) is 0.723. The Kier molecular flexibility index (Phi) is 5.18. The first-order valence-corrected chi connectivity index (χ1v) is 6.54. The van der Waals surface area contributed by atoms with Gasteiger partial charge in [-0.3, -0.25) is 14.6 Å². The molecular formula is C12H23ClN4O2. The Hall–Kier alpha value is -0.850. The van der Waals surface area contributed by atoms with Gasteiger partial charge in [-0.25, -0.2) is 4.79 Å². The molecule has 3 amide bonds. The lowest BCUT2D eigenvalue weighted by Crippen LogP contribution is -2.44. The number of amides is 3. The Morgan fingerprint density at radius 2 is 2.05 bits per heavy atom. The number of carbonyl (C=O) groups excluding carboxylic acids is 2. The highest BCUT2D eigenvalue weighted by Gasteiger charge is 2.44. The van der Waals surface area contributed by atoms with Crippen LogP contribution in [-0.2, 0) is 4.79 Å². The first kappa shape index (κ1) is 16.2. The van der Waals surface area contributed by atoms with Gasteiger partial charge in [0.05, 0.1) is 0 Å². The molecule has 0 saturated carbocycles. The van der Waals surface area contributed by atoms with Gasteiger partial charge < -0.3 is 11.1 Å². The first-order chi connectivity index (χ1) is 8.45. The summed E-state index contributed by atoms with van der Waals surface area (Å²) in [5.74, 6) is -0.143. The Balaban J connectivity index is 0.00000180. The van der Waals surface area contributed by atoms with E-state index in [9.17, 15) is 9.59 Å². The minimum atomic E-state index is -0.768. The molecule has 2 fully saturated rings. The standard InChI is InChI=1S/C12H22N4O2.ClH/c1-12(2)10(17)16(11(18)14-12)7-6-15-5-3-4-9(15)8-13;/h9H,3-8,13H2,1-2H3,(H,14,18);1H. The summed E-state index contributed by atoms with van der Waals surface area (Å²) < 4.78 is 0. The van der Waals surface area contributed by atoms with Crippen molar-refractivity contribution in [3.63, 3.8) is 0 Å². The van der Waals surface area contributed by atoms with Crippen LogP contribution in [0.2, 0.25) is 0 Å². The number of nitrogens with zero attached hydrogens (tertiary/aromatic N) is 2. The second-order valence-electron chi connectivity index (χ2n) is 5.58. The fraction of sp³-hybridized carbons (Fsp3) is 0.833. The number of imide groups is 1. The van der Waals surface area contributed by atoms with E-state index >= 15 is 0 Å². The molecule has 0 aromatic rings. The van der Waals surface area contributed by atoms with E-state index in [0.29, 0.717) is 19.1 Å². The summed E-state index contributed by atoms with van der Waals surface area (Å²) in [6, 6.07) is 0.118. The van der Waals surface area contributed by atoms with Gasteiger partial charge in [-0.2, -0.15) is 0 Å². The van der Waals surface area contributed by atoms with E-state index in [-0.39, 0.29) is 24.3 Å². The van der Waals surface area contributed by atoms with E-state index < -0.39 is 5.54 Å².